The number of methoxy groups -OCH3 is 4. The SMILES string of the molecule is COc1cc(Cc2ncc3c(n2)-c2ccc(Cl)cc2C(c2c(F)cccc2OC)=NC3)ccc1C(=O)CCCOCCCC(=O)CC(=O)N1C[C@H](CC#N)N(c2ccc(Cl)cc2)[C@H](c2ccc(Cl)cc2)C1.COc1cc(Cc2ncc3c(n2)-c2ccc(Cl)cc2C(c2c(F)cccc2OC)=NC3)ccc1C(=O)CCCOCCCC(=O)CC(=O)O.N#CC[C@H]1CNC[C@@H](c2ccc(Cl)cc2)N1c1ccc(Cl)cc1. The van der Waals surface area contributed by atoms with Crippen molar-refractivity contribution in [3.63, 3.8) is 0 Å². The summed E-state index contributed by atoms with van der Waals surface area (Å²) in [6, 6.07) is 65.6. The van der Waals surface area contributed by atoms with Crippen molar-refractivity contribution in [2.24, 2.45) is 9.98 Å². The van der Waals surface area contributed by atoms with Crippen molar-refractivity contribution < 1.29 is 71.1 Å². The number of Topliss-reactive ketones (excluding diaryl/α,β-unsaturated/α-hetero) is 4. The first-order valence-corrected chi connectivity index (χ1v) is 48.7. The Hall–Kier alpha value is -13.4. The summed E-state index contributed by atoms with van der Waals surface area (Å²) in [4.78, 5) is 110. The first-order valence-electron chi connectivity index (χ1n) is 46.5. The van der Waals surface area contributed by atoms with Crippen LogP contribution >= 0.6 is 69.6 Å². The van der Waals surface area contributed by atoms with E-state index >= 15 is 8.78 Å². The van der Waals surface area contributed by atoms with Gasteiger partial charge >= 0.3 is 5.97 Å². The summed E-state index contributed by atoms with van der Waals surface area (Å²) in [5, 5.41) is 34.6. The average molecular weight is 2050 g/mol. The second kappa shape index (κ2) is 51.0. The van der Waals surface area contributed by atoms with Gasteiger partial charge in [-0.05, 0) is 194 Å². The topological polar surface area (TPSA) is 324 Å². The van der Waals surface area contributed by atoms with E-state index in [2.05, 4.69) is 37.2 Å². The second-order valence-electron chi connectivity index (χ2n) is 34.3. The van der Waals surface area contributed by atoms with Crippen molar-refractivity contribution in [1.82, 2.24) is 30.2 Å². The van der Waals surface area contributed by atoms with Crippen LogP contribution in [0.15, 0.2) is 229 Å². The molecule has 1 amide bonds. The Morgan fingerprint density at radius 1 is 0.448 bits per heavy atom. The molecule has 33 heteroatoms. The monoisotopic (exact) mass is 2050 g/mol. The molecular formula is C110H102Cl6F2N12O13. The molecule has 0 unspecified atom stereocenters. The van der Waals surface area contributed by atoms with Crippen LogP contribution in [0.2, 0.25) is 30.1 Å². The van der Waals surface area contributed by atoms with Crippen molar-refractivity contribution in [2.75, 3.05) is 90.8 Å². The van der Waals surface area contributed by atoms with Gasteiger partial charge in [-0.25, -0.2) is 28.7 Å². The number of halogens is 8. The number of fused-ring (bicyclic) bond motifs is 6. The molecule has 0 bridgehead atoms. The minimum Gasteiger partial charge on any atom is -0.496 e. The molecule has 0 saturated carbocycles. The zero-order valence-corrected chi connectivity index (χ0v) is 83.4. The quantitative estimate of drug-likeness (QED) is 0.0206. The molecule has 0 aliphatic carbocycles. The predicted octanol–water partition coefficient (Wildman–Crippen LogP) is 22.4. The number of carbonyl (C=O) groups excluding carboxylic acids is 5. The van der Waals surface area contributed by atoms with Crippen LogP contribution in [-0.2, 0) is 54.6 Å². The summed E-state index contributed by atoms with van der Waals surface area (Å²) in [5.41, 5.74) is 13.5. The summed E-state index contributed by atoms with van der Waals surface area (Å²) < 4.78 is 64.1. The maximum absolute atomic E-state index is 15.4. The van der Waals surface area contributed by atoms with Crippen molar-refractivity contribution in [1.29, 1.82) is 10.5 Å². The van der Waals surface area contributed by atoms with E-state index in [4.69, 9.17) is 123 Å². The Bertz CT molecular complexity index is 6770. The van der Waals surface area contributed by atoms with Gasteiger partial charge in [-0.3, -0.25) is 38.8 Å². The molecule has 2 N–H and O–H groups in total. The number of carbonyl (C=O) groups is 6. The molecule has 4 aliphatic heterocycles. The number of benzene rings is 10. The van der Waals surface area contributed by atoms with Gasteiger partial charge in [-0.2, -0.15) is 10.5 Å². The van der Waals surface area contributed by atoms with Gasteiger partial charge in [0.05, 0.1) is 142 Å². The van der Waals surface area contributed by atoms with Crippen LogP contribution in [0.4, 0.5) is 20.2 Å². The number of carboxylic acids is 1. The lowest BCUT2D eigenvalue weighted by atomic mass is 9.94. The summed E-state index contributed by atoms with van der Waals surface area (Å²) in [6.45, 7) is 3.92. The van der Waals surface area contributed by atoms with Gasteiger partial charge in [-0.1, -0.05) is 130 Å². The van der Waals surface area contributed by atoms with E-state index in [0.29, 0.717) is 183 Å². The van der Waals surface area contributed by atoms with Gasteiger partial charge in [0.15, 0.2) is 11.6 Å². The van der Waals surface area contributed by atoms with E-state index in [1.807, 2.05) is 103 Å². The highest BCUT2D eigenvalue weighted by Crippen LogP contribution is 2.43. The smallest absolute Gasteiger partial charge is 0.310 e. The molecule has 16 rings (SSSR count). The van der Waals surface area contributed by atoms with E-state index in [9.17, 15) is 39.3 Å². The Morgan fingerprint density at radius 3 is 1.29 bits per heavy atom. The van der Waals surface area contributed by atoms with Crippen LogP contribution in [0, 0.1) is 34.3 Å². The third-order valence-corrected chi connectivity index (χ3v) is 26.2. The van der Waals surface area contributed by atoms with Gasteiger partial charge in [-0.15, -0.1) is 0 Å². The molecule has 10 aromatic carbocycles. The number of aliphatic carboxylic acids is 1. The summed E-state index contributed by atoms with van der Waals surface area (Å²) >= 11 is 37.3. The van der Waals surface area contributed by atoms with Crippen molar-refractivity contribution in [2.45, 2.75) is 127 Å². The zero-order valence-electron chi connectivity index (χ0n) is 78.9. The van der Waals surface area contributed by atoms with Crippen molar-refractivity contribution in [3.05, 3.63) is 339 Å². The molecule has 4 aliphatic rings. The lowest BCUT2D eigenvalue weighted by molar-refractivity contribution is -0.140. The summed E-state index contributed by atoms with van der Waals surface area (Å²) in [5.74, 6) is -0.458. The Kier molecular flexibility index (Phi) is 37.6. The molecule has 12 aromatic rings. The van der Waals surface area contributed by atoms with E-state index in [1.165, 1.54) is 46.1 Å². The number of nitrogens with zero attached hydrogens (tertiary/aromatic N) is 11. The number of aliphatic imine (C=N–C) groups is 2. The normalized spacial score (nSPS) is 15.0. The molecule has 0 radical (unpaired) electrons. The van der Waals surface area contributed by atoms with Crippen LogP contribution in [0.25, 0.3) is 22.5 Å². The number of carboxylic acid groups (broad SMARTS) is 1. The van der Waals surface area contributed by atoms with Crippen molar-refractivity contribution >= 4 is 127 Å². The van der Waals surface area contributed by atoms with E-state index in [1.54, 1.807) is 108 Å². The first kappa shape index (κ1) is 105. The van der Waals surface area contributed by atoms with Gasteiger partial charge in [0.1, 0.15) is 64.3 Å². The third kappa shape index (κ3) is 27.3. The number of nitrogens with one attached hydrogen (secondary N) is 1. The van der Waals surface area contributed by atoms with Crippen LogP contribution in [0.3, 0.4) is 0 Å². The van der Waals surface area contributed by atoms with E-state index in [0.717, 1.165) is 68.4 Å². The number of ketones is 4. The predicted molar refractivity (Wildman–Crippen MR) is 549 cm³/mol. The largest absolute Gasteiger partial charge is 0.496 e. The molecule has 0 spiro atoms. The zero-order chi connectivity index (χ0) is 101. The molecular weight excluding hydrogens is 1950 g/mol. The van der Waals surface area contributed by atoms with Crippen LogP contribution in [0.1, 0.15) is 177 Å². The maximum Gasteiger partial charge on any atom is 0.310 e. The molecule has 2 fully saturated rings. The highest BCUT2D eigenvalue weighted by Gasteiger charge is 2.39. The summed E-state index contributed by atoms with van der Waals surface area (Å²) in [7, 11) is 6.00. The minimum atomic E-state index is -1.14. The van der Waals surface area contributed by atoms with Gasteiger partial charge < -0.3 is 53.5 Å². The van der Waals surface area contributed by atoms with Gasteiger partial charge in [0, 0.05) is 178 Å². The number of aromatic nitrogens is 4. The number of amides is 1. The number of piperazine rings is 2. The number of nitriles is 2. The average Bonchev–Trinajstić information content (AvgIpc) is 0.873. The fraction of sp³-hybridized carbons (Fsp3) is 0.291. The lowest BCUT2D eigenvalue weighted by Gasteiger charge is -2.48. The van der Waals surface area contributed by atoms with Crippen LogP contribution in [-0.4, -0.2) is 170 Å². The molecule has 6 heterocycles. The Labute approximate surface area is 857 Å². The van der Waals surface area contributed by atoms with Gasteiger partial charge in [0.25, 0.3) is 0 Å². The van der Waals surface area contributed by atoms with E-state index < -0.39 is 24.0 Å². The highest BCUT2D eigenvalue weighted by molar-refractivity contribution is 6.33. The number of rotatable bonds is 38. The number of ether oxygens (including phenoxy) is 6. The molecule has 2 saturated heterocycles. The maximum atomic E-state index is 15.4. The highest BCUT2D eigenvalue weighted by atomic mass is 35.5. The Balaban J connectivity index is 0.000000193. The fourth-order valence-corrected chi connectivity index (χ4v) is 18.7. The number of anilines is 2. The fourth-order valence-electron chi connectivity index (χ4n) is 17.8. The minimum absolute atomic E-state index is 0.0949. The summed E-state index contributed by atoms with van der Waals surface area (Å²) in [6.07, 6.45) is 6.66. The van der Waals surface area contributed by atoms with Crippen LogP contribution in [0.5, 0.6) is 23.0 Å². The Morgan fingerprint density at radius 2 is 0.853 bits per heavy atom. The molecule has 4 atom stereocenters. The molecule has 736 valence electrons. The van der Waals surface area contributed by atoms with Crippen LogP contribution < -0.4 is 34.1 Å². The first-order chi connectivity index (χ1) is 69.3. The third-order valence-electron chi connectivity index (χ3n) is 24.7. The number of hydrogen-bond donors (Lipinski definition) is 2. The molecule has 143 heavy (non-hydrogen) atoms. The number of hydrogen-bond acceptors (Lipinski definition) is 23. The van der Waals surface area contributed by atoms with Gasteiger partial charge in [0.2, 0.25) is 5.91 Å². The van der Waals surface area contributed by atoms with Crippen molar-refractivity contribution in [3.8, 4) is 57.7 Å². The second-order valence-corrected chi connectivity index (χ2v) is 36.9. The molecule has 2 aromatic heterocycles. The molecule has 25 nitrogen and oxygen atoms in total. The lowest BCUT2D eigenvalue weighted by Crippen LogP contribution is -2.56. The van der Waals surface area contributed by atoms with E-state index in [-0.39, 0.29) is 122 Å². The standard InChI is InChI=1S/C55H50Cl3FN6O6.C37H35ClFN3O7.C18H17Cl2N3/c1-69-49-9-3-7-46(59)53(49)55-45-28-39(58)17-21-43(45)54-36(31-62-55)30-61-51(63-54)27-34-10-20-44(50(26-34)70-2)48(67)8-5-25-71-24-4-6-42(66)29-52(68)64-32-41(22-23-60)65(40-18-15-38(57)16-19-40)47(33-64)35-11-13-37(56)14-12-35;1-47-31-9-3-7-29(39)35(31)37-28-18-24(38)11-13-26(28)36-23(21-41-37)20-40-33(42-36)17-22-10-12-27(32(16-22)48-2)30(44)8-5-15-49-14-4-6-25(43)19-34(45)46;19-14-3-1-13(2-4-14)18-12-22-11-17(9-10-21)23(18)16-7-5-15(20)6-8-16/h3,7,9-21,26,28,30,41,47H,4-6,8,22,24-25,27,29,31-33H2,1-2H3;3,7,9-13,16,18,20H,4-6,8,14-15,17,19,21H2,1-2H3,(H,45,46);1-8,17-18,22H,9,11-12H2/t41-,47-;;17-,18-/m0.0/s1.